The molecule has 144 valence electrons. The molecule has 0 radical (unpaired) electrons. The average molecular weight is 369 g/mol. The van der Waals surface area contributed by atoms with Crippen LogP contribution in [0.15, 0.2) is 22.7 Å². The van der Waals surface area contributed by atoms with Crippen LogP contribution in [-0.2, 0) is 16.0 Å². The largest absolute Gasteiger partial charge is 0.381 e. The Bertz CT molecular complexity index is 791. The van der Waals surface area contributed by atoms with E-state index in [1.54, 1.807) is 0 Å². The quantitative estimate of drug-likeness (QED) is 0.828. The third-order valence-electron chi connectivity index (χ3n) is 5.76. The van der Waals surface area contributed by atoms with Gasteiger partial charge in [0.15, 0.2) is 0 Å². The van der Waals surface area contributed by atoms with Crippen molar-refractivity contribution in [3.8, 4) is 11.3 Å². The first kappa shape index (κ1) is 18.2. The summed E-state index contributed by atoms with van der Waals surface area (Å²) in [4.78, 5) is 19.6. The Morgan fingerprint density at radius 1 is 1.22 bits per heavy atom. The smallest absolute Gasteiger partial charge is 0.225 e. The normalized spacial score (nSPS) is 21.0. The predicted octanol–water partition coefficient (Wildman–Crippen LogP) is 3.17. The van der Waals surface area contributed by atoms with E-state index in [-0.39, 0.29) is 5.92 Å². The molecule has 1 amide bonds. The maximum Gasteiger partial charge on any atom is 0.225 e. The van der Waals surface area contributed by atoms with Gasteiger partial charge in [-0.25, -0.2) is 0 Å². The maximum absolute atomic E-state index is 12.7. The molecule has 4 heterocycles. The number of pyridine rings is 1. The molecule has 6 heteroatoms. The summed E-state index contributed by atoms with van der Waals surface area (Å²) in [5.74, 6) is 1.74. The second kappa shape index (κ2) is 7.80. The molecule has 0 unspecified atom stereocenters. The fourth-order valence-corrected chi connectivity index (χ4v) is 4.28. The van der Waals surface area contributed by atoms with Gasteiger partial charge in [-0.1, -0.05) is 11.2 Å². The molecule has 2 aromatic heterocycles. The lowest BCUT2D eigenvalue weighted by molar-refractivity contribution is -0.137. The Hall–Kier alpha value is -2.21. The van der Waals surface area contributed by atoms with Gasteiger partial charge in [-0.05, 0) is 57.6 Å². The minimum Gasteiger partial charge on any atom is -0.381 e. The molecule has 0 saturated carbocycles. The van der Waals surface area contributed by atoms with Gasteiger partial charge >= 0.3 is 0 Å². The molecular weight excluding hydrogens is 342 g/mol. The zero-order valence-corrected chi connectivity index (χ0v) is 16.1. The average Bonchev–Trinajstić information content (AvgIpc) is 3.28. The lowest BCUT2D eigenvalue weighted by atomic mass is 9.98. The number of ether oxygens (including phenoxy) is 1. The first-order valence-corrected chi connectivity index (χ1v) is 9.87. The van der Waals surface area contributed by atoms with E-state index in [1.807, 2.05) is 26.0 Å². The molecule has 2 aliphatic rings. The van der Waals surface area contributed by atoms with E-state index in [0.717, 1.165) is 67.2 Å². The molecule has 27 heavy (non-hydrogen) atoms. The number of aryl methyl sites for hydroxylation is 2. The molecule has 2 aromatic rings. The summed E-state index contributed by atoms with van der Waals surface area (Å²) in [6.07, 6.45) is 3.67. The van der Waals surface area contributed by atoms with Gasteiger partial charge in [0, 0.05) is 37.9 Å². The second-order valence-electron chi connectivity index (χ2n) is 7.74. The Morgan fingerprint density at radius 3 is 2.78 bits per heavy atom. The first-order chi connectivity index (χ1) is 13.1. The van der Waals surface area contributed by atoms with Crippen LogP contribution in [0.25, 0.3) is 11.3 Å². The van der Waals surface area contributed by atoms with Crippen molar-refractivity contribution in [3.05, 3.63) is 35.3 Å². The van der Waals surface area contributed by atoms with Crippen LogP contribution < -0.4 is 0 Å². The maximum atomic E-state index is 12.7. The Kier molecular flexibility index (Phi) is 5.25. The summed E-state index contributed by atoms with van der Waals surface area (Å²) < 4.78 is 10.7. The minimum absolute atomic E-state index is 0.151. The van der Waals surface area contributed by atoms with Gasteiger partial charge in [-0.2, -0.15) is 0 Å². The summed E-state index contributed by atoms with van der Waals surface area (Å²) in [5.41, 5.74) is 3.83. The number of carbonyl (C=O) groups is 1. The van der Waals surface area contributed by atoms with Crippen molar-refractivity contribution in [3.63, 3.8) is 0 Å². The van der Waals surface area contributed by atoms with Crippen LogP contribution in [0, 0.1) is 25.7 Å². The van der Waals surface area contributed by atoms with Gasteiger partial charge in [0.25, 0.3) is 0 Å². The van der Waals surface area contributed by atoms with Crippen LogP contribution in [-0.4, -0.2) is 47.3 Å². The highest BCUT2D eigenvalue weighted by Crippen LogP contribution is 2.28. The van der Waals surface area contributed by atoms with Gasteiger partial charge < -0.3 is 14.2 Å². The predicted molar refractivity (Wildman–Crippen MR) is 101 cm³/mol. The van der Waals surface area contributed by atoms with Crippen LogP contribution in [0.3, 0.4) is 0 Å². The molecule has 2 aliphatic heterocycles. The van der Waals surface area contributed by atoms with E-state index >= 15 is 0 Å². The van der Waals surface area contributed by atoms with Crippen molar-refractivity contribution in [2.75, 3.05) is 26.3 Å². The van der Waals surface area contributed by atoms with Gasteiger partial charge in [-0.3, -0.25) is 9.78 Å². The fourth-order valence-electron chi connectivity index (χ4n) is 4.28. The summed E-state index contributed by atoms with van der Waals surface area (Å²) in [5, 5.41) is 4.03. The molecule has 2 fully saturated rings. The van der Waals surface area contributed by atoms with E-state index in [2.05, 4.69) is 16.1 Å². The molecule has 0 aliphatic carbocycles. The molecular formula is C21H27N3O3. The van der Waals surface area contributed by atoms with Crippen molar-refractivity contribution in [2.24, 2.45) is 11.8 Å². The number of likely N-dealkylation sites (tertiary alicyclic amines) is 1. The number of nitrogens with zero attached hydrogens (tertiary/aromatic N) is 3. The molecule has 2 saturated heterocycles. The molecule has 0 aromatic carbocycles. The van der Waals surface area contributed by atoms with Crippen LogP contribution in [0.1, 0.15) is 36.4 Å². The number of hydrogen-bond acceptors (Lipinski definition) is 5. The number of carbonyl (C=O) groups excluding carboxylic acids is 1. The van der Waals surface area contributed by atoms with E-state index in [1.165, 1.54) is 0 Å². The molecule has 0 N–H and O–H groups in total. The lowest BCUT2D eigenvalue weighted by Crippen LogP contribution is -2.37. The van der Waals surface area contributed by atoms with Gasteiger partial charge in [0.2, 0.25) is 5.91 Å². The minimum atomic E-state index is 0.151. The Balaban J connectivity index is 1.40. The molecule has 6 nitrogen and oxygen atoms in total. The van der Waals surface area contributed by atoms with Gasteiger partial charge in [-0.15, -0.1) is 0 Å². The molecule has 0 spiro atoms. The Labute approximate surface area is 159 Å². The topological polar surface area (TPSA) is 68.5 Å². The number of hydrogen-bond donors (Lipinski definition) is 0. The number of amides is 1. The van der Waals surface area contributed by atoms with E-state index in [4.69, 9.17) is 14.2 Å². The zero-order valence-electron chi connectivity index (χ0n) is 16.1. The van der Waals surface area contributed by atoms with E-state index < -0.39 is 0 Å². The van der Waals surface area contributed by atoms with Crippen LogP contribution in [0.2, 0.25) is 0 Å². The highest BCUT2D eigenvalue weighted by atomic mass is 16.5. The third kappa shape index (κ3) is 3.90. The van der Waals surface area contributed by atoms with Crippen LogP contribution >= 0.6 is 0 Å². The SMILES string of the molecule is Cc1noc(C)c1-c1cccc(C[C@H]2CCN(C(=O)C3CCOCC3)C2)n1. The van der Waals surface area contributed by atoms with Crippen molar-refractivity contribution in [1.29, 1.82) is 0 Å². The number of rotatable bonds is 4. The summed E-state index contributed by atoms with van der Waals surface area (Å²) in [6, 6.07) is 6.12. The molecule has 4 rings (SSSR count). The number of aromatic nitrogens is 2. The lowest BCUT2D eigenvalue weighted by Gasteiger charge is -2.26. The van der Waals surface area contributed by atoms with Crippen LogP contribution in [0.4, 0.5) is 0 Å². The Morgan fingerprint density at radius 2 is 2.04 bits per heavy atom. The summed E-state index contributed by atoms with van der Waals surface area (Å²) in [6.45, 7) is 6.99. The molecule has 0 bridgehead atoms. The van der Waals surface area contributed by atoms with Crippen molar-refractivity contribution in [2.45, 2.75) is 39.5 Å². The van der Waals surface area contributed by atoms with E-state index in [0.29, 0.717) is 25.0 Å². The highest BCUT2D eigenvalue weighted by molar-refractivity contribution is 5.79. The summed E-state index contributed by atoms with van der Waals surface area (Å²) in [7, 11) is 0. The third-order valence-corrected chi connectivity index (χ3v) is 5.76. The van der Waals surface area contributed by atoms with E-state index in [9.17, 15) is 4.79 Å². The molecule has 1 atom stereocenters. The van der Waals surface area contributed by atoms with Gasteiger partial charge in [0.1, 0.15) is 5.76 Å². The van der Waals surface area contributed by atoms with Crippen molar-refractivity contribution < 1.29 is 14.1 Å². The fraction of sp³-hybridized carbons (Fsp3) is 0.571. The standard InChI is InChI=1S/C21H27N3O3/c1-14-20(15(2)27-23-14)19-5-3-4-18(22-19)12-16-6-9-24(13-16)21(25)17-7-10-26-11-8-17/h3-5,16-17H,6-13H2,1-2H3/t16-/m1/s1. The highest BCUT2D eigenvalue weighted by Gasteiger charge is 2.32. The zero-order chi connectivity index (χ0) is 18.8. The van der Waals surface area contributed by atoms with Crippen LogP contribution in [0.5, 0.6) is 0 Å². The monoisotopic (exact) mass is 369 g/mol. The van der Waals surface area contributed by atoms with Crippen molar-refractivity contribution in [1.82, 2.24) is 15.0 Å². The first-order valence-electron chi connectivity index (χ1n) is 9.87. The second-order valence-corrected chi connectivity index (χ2v) is 7.74. The summed E-state index contributed by atoms with van der Waals surface area (Å²) >= 11 is 0. The van der Waals surface area contributed by atoms with Crippen molar-refractivity contribution >= 4 is 5.91 Å². The van der Waals surface area contributed by atoms with Gasteiger partial charge in [0.05, 0.1) is 17.0 Å².